The molecule has 3 rings (SSSR count). The first-order valence-electron chi connectivity index (χ1n) is 8.77. The Balaban J connectivity index is 1.64. The van der Waals surface area contributed by atoms with Crippen LogP contribution in [0.3, 0.4) is 0 Å². The average Bonchev–Trinajstić information content (AvgIpc) is 2.73. The van der Waals surface area contributed by atoms with Crippen LogP contribution in [0.25, 0.3) is 6.08 Å². The van der Waals surface area contributed by atoms with Crippen LogP contribution < -0.4 is 10.0 Å². The van der Waals surface area contributed by atoms with Gasteiger partial charge in [-0.15, -0.1) is 11.8 Å². The van der Waals surface area contributed by atoms with E-state index >= 15 is 0 Å². The third kappa shape index (κ3) is 6.23. The molecule has 0 saturated heterocycles. The van der Waals surface area contributed by atoms with Gasteiger partial charge in [-0.25, -0.2) is 8.42 Å². The predicted octanol–water partition coefficient (Wildman–Crippen LogP) is 5.07. The van der Waals surface area contributed by atoms with Gasteiger partial charge in [-0.2, -0.15) is 0 Å². The summed E-state index contributed by atoms with van der Waals surface area (Å²) in [7, 11) is -3.66. The van der Waals surface area contributed by atoms with Crippen molar-refractivity contribution < 1.29 is 13.2 Å². The van der Waals surface area contributed by atoms with Crippen molar-refractivity contribution >= 4 is 45.1 Å². The number of nitrogens with one attached hydrogen (secondary N) is 2. The number of hydrogen-bond donors (Lipinski definition) is 2. The van der Waals surface area contributed by atoms with Crippen molar-refractivity contribution in [2.45, 2.75) is 4.90 Å². The van der Waals surface area contributed by atoms with E-state index in [-0.39, 0.29) is 5.91 Å². The van der Waals surface area contributed by atoms with Crippen LogP contribution in [0.2, 0.25) is 0 Å². The normalized spacial score (nSPS) is 11.3. The van der Waals surface area contributed by atoms with E-state index in [0.29, 0.717) is 16.9 Å². The third-order valence-electron chi connectivity index (χ3n) is 3.97. The maximum atomic E-state index is 12.4. The van der Waals surface area contributed by atoms with E-state index in [9.17, 15) is 13.2 Å². The second-order valence-electron chi connectivity index (χ2n) is 6.12. The molecule has 148 valence electrons. The van der Waals surface area contributed by atoms with Gasteiger partial charge >= 0.3 is 0 Å². The van der Waals surface area contributed by atoms with Crippen molar-refractivity contribution in [3.8, 4) is 0 Å². The predicted molar refractivity (Wildman–Crippen MR) is 121 cm³/mol. The van der Waals surface area contributed by atoms with Crippen LogP contribution >= 0.6 is 11.8 Å². The molecule has 2 N–H and O–H groups in total. The molecule has 0 aromatic heterocycles. The SMILES string of the molecule is CSc1cccc(NC(=O)c2ccc(NS(=O)(=O)/C=C/c3ccccc3)cc2)c1. The monoisotopic (exact) mass is 424 g/mol. The van der Waals surface area contributed by atoms with Gasteiger partial charge in [0.25, 0.3) is 15.9 Å². The third-order valence-corrected chi connectivity index (χ3v) is 5.71. The highest BCUT2D eigenvalue weighted by Gasteiger charge is 2.09. The van der Waals surface area contributed by atoms with Crippen LogP contribution in [0.1, 0.15) is 15.9 Å². The highest BCUT2D eigenvalue weighted by Crippen LogP contribution is 2.20. The lowest BCUT2D eigenvalue weighted by atomic mass is 10.2. The Morgan fingerprint density at radius 3 is 2.31 bits per heavy atom. The number of carbonyl (C=O) groups excluding carboxylic acids is 1. The molecular weight excluding hydrogens is 404 g/mol. The minimum absolute atomic E-state index is 0.262. The Labute approximate surface area is 174 Å². The zero-order valence-electron chi connectivity index (χ0n) is 15.7. The van der Waals surface area contributed by atoms with Gasteiger partial charge in [-0.05, 0) is 60.4 Å². The maximum absolute atomic E-state index is 12.4. The van der Waals surface area contributed by atoms with E-state index < -0.39 is 10.0 Å². The summed E-state index contributed by atoms with van der Waals surface area (Å²) in [6.45, 7) is 0. The van der Waals surface area contributed by atoms with Crippen molar-refractivity contribution in [3.63, 3.8) is 0 Å². The summed E-state index contributed by atoms with van der Waals surface area (Å²) in [6.07, 6.45) is 3.49. The molecule has 0 atom stereocenters. The molecule has 3 aromatic carbocycles. The Morgan fingerprint density at radius 2 is 1.62 bits per heavy atom. The van der Waals surface area contributed by atoms with Crippen molar-refractivity contribution in [2.75, 3.05) is 16.3 Å². The quantitative estimate of drug-likeness (QED) is 0.519. The highest BCUT2D eigenvalue weighted by atomic mass is 32.2. The van der Waals surface area contributed by atoms with E-state index in [1.54, 1.807) is 36.0 Å². The van der Waals surface area contributed by atoms with E-state index in [1.807, 2.05) is 60.9 Å². The van der Waals surface area contributed by atoms with Gasteiger partial charge in [0, 0.05) is 21.8 Å². The van der Waals surface area contributed by atoms with Gasteiger partial charge in [-0.3, -0.25) is 9.52 Å². The largest absolute Gasteiger partial charge is 0.322 e. The molecule has 7 heteroatoms. The number of thioether (sulfide) groups is 1. The first kappa shape index (κ1) is 20.7. The molecule has 0 fully saturated rings. The zero-order chi connectivity index (χ0) is 20.7. The lowest BCUT2D eigenvalue weighted by molar-refractivity contribution is 0.102. The lowest BCUT2D eigenvalue weighted by Gasteiger charge is -2.08. The molecule has 1 amide bonds. The summed E-state index contributed by atoms with van der Waals surface area (Å²) in [5.41, 5.74) is 2.30. The van der Waals surface area contributed by atoms with Crippen LogP contribution in [0.4, 0.5) is 11.4 Å². The van der Waals surface area contributed by atoms with E-state index in [4.69, 9.17) is 0 Å². The van der Waals surface area contributed by atoms with Crippen molar-refractivity contribution in [2.24, 2.45) is 0 Å². The van der Waals surface area contributed by atoms with Gasteiger partial charge in [0.1, 0.15) is 0 Å². The number of sulfonamides is 1. The van der Waals surface area contributed by atoms with Crippen LogP contribution in [0, 0.1) is 0 Å². The van der Waals surface area contributed by atoms with E-state index in [2.05, 4.69) is 10.0 Å². The number of rotatable bonds is 7. The number of benzene rings is 3. The van der Waals surface area contributed by atoms with Gasteiger partial charge in [0.15, 0.2) is 0 Å². The van der Waals surface area contributed by atoms with Crippen molar-refractivity contribution in [1.29, 1.82) is 0 Å². The molecule has 0 saturated carbocycles. The molecule has 3 aromatic rings. The molecule has 29 heavy (non-hydrogen) atoms. The fraction of sp³-hybridized carbons (Fsp3) is 0.0455. The molecule has 0 heterocycles. The molecule has 0 radical (unpaired) electrons. The Hall–Kier alpha value is -3.03. The van der Waals surface area contributed by atoms with Crippen molar-refractivity contribution in [1.82, 2.24) is 0 Å². The maximum Gasteiger partial charge on any atom is 0.255 e. The van der Waals surface area contributed by atoms with Crippen LogP contribution in [-0.4, -0.2) is 20.6 Å². The first-order valence-corrected chi connectivity index (χ1v) is 11.5. The number of hydrogen-bond acceptors (Lipinski definition) is 4. The molecular formula is C22H20N2O3S2. The minimum atomic E-state index is -3.66. The number of carbonyl (C=O) groups is 1. The molecule has 0 aliphatic heterocycles. The fourth-order valence-corrected chi connectivity index (χ4v) is 3.85. The number of amides is 1. The Morgan fingerprint density at radius 1 is 0.897 bits per heavy atom. The highest BCUT2D eigenvalue weighted by molar-refractivity contribution is 7.98. The zero-order valence-corrected chi connectivity index (χ0v) is 17.3. The average molecular weight is 425 g/mol. The first-order chi connectivity index (χ1) is 13.9. The molecule has 0 unspecified atom stereocenters. The van der Waals surface area contributed by atoms with Crippen LogP contribution in [0.15, 0.2) is 89.2 Å². The Bertz CT molecular complexity index is 1110. The topological polar surface area (TPSA) is 75.3 Å². The summed E-state index contributed by atoms with van der Waals surface area (Å²) in [4.78, 5) is 13.5. The number of anilines is 2. The molecule has 0 aliphatic rings. The van der Waals surface area contributed by atoms with Crippen LogP contribution in [0.5, 0.6) is 0 Å². The second-order valence-corrected chi connectivity index (χ2v) is 8.57. The standard InChI is InChI=1S/C22H20N2O3S2/c1-28-21-9-5-8-20(16-21)23-22(25)18-10-12-19(13-11-18)24-29(26,27)15-14-17-6-3-2-4-7-17/h2-16,24H,1H3,(H,23,25)/b15-14+. The van der Waals surface area contributed by atoms with Gasteiger partial charge in [-0.1, -0.05) is 36.4 Å². The summed E-state index contributed by atoms with van der Waals surface area (Å²) in [5, 5.41) is 3.95. The molecule has 5 nitrogen and oxygen atoms in total. The van der Waals surface area contributed by atoms with Crippen LogP contribution in [-0.2, 0) is 10.0 Å². The van der Waals surface area contributed by atoms with E-state index in [0.717, 1.165) is 15.9 Å². The lowest BCUT2D eigenvalue weighted by Crippen LogP contribution is -2.12. The summed E-state index contributed by atoms with van der Waals surface area (Å²) in [6, 6.07) is 23.0. The van der Waals surface area contributed by atoms with E-state index in [1.165, 1.54) is 6.08 Å². The fourth-order valence-electron chi connectivity index (χ4n) is 2.52. The van der Waals surface area contributed by atoms with Crippen molar-refractivity contribution in [3.05, 3.63) is 95.4 Å². The smallest absolute Gasteiger partial charge is 0.255 e. The molecule has 0 bridgehead atoms. The summed E-state index contributed by atoms with van der Waals surface area (Å²) in [5.74, 6) is -0.262. The summed E-state index contributed by atoms with van der Waals surface area (Å²) < 4.78 is 26.9. The minimum Gasteiger partial charge on any atom is -0.322 e. The molecule has 0 aliphatic carbocycles. The van der Waals surface area contributed by atoms with Gasteiger partial charge in [0.2, 0.25) is 0 Å². The Kier molecular flexibility index (Phi) is 6.74. The molecule has 0 spiro atoms. The van der Waals surface area contributed by atoms with Gasteiger partial charge < -0.3 is 5.32 Å². The van der Waals surface area contributed by atoms with Gasteiger partial charge in [0.05, 0.1) is 5.41 Å². The second kappa shape index (κ2) is 9.45. The summed E-state index contributed by atoms with van der Waals surface area (Å²) >= 11 is 1.59.